The molecule has 0 radical (unpaired) electrons. The van der Waals surface area contributed by atoms with Gasteiger partial charge in [-0.25, -0.2) is 4.79 Å². The highest BCUT2D eigenvalue weighted by Gasteiger charge is 2.51. The predicted octanol–water partition coefficient (Wildman–Crippen LogP) is 3.32. The van der Waals surface area contributed by atoms with E-state index in [1.54, 1.807) is 0 Å². The first-order valence-electron chi connectivity index (χ1n) is 9.90. The van der Waals surface area contributed by atoms with Crippen LogP contribution in [-0.2, 0) is 14.0 Å². The van der Waals surface area contributed by atoms with Crippen molar-refractivity contribution >= 4 is 18.7 Å². The summed E-state index contributed by atoms with van der Waals surface area (Å²) in [5.74, 6) is 0. The lowest BCUT2D eigenvalue weighted by molar-refractivity contribution is 0.00578. The van der Waals surface area contributed by atoms with Gasteiger partial charge in [0.05, 0.1) is 17.2 Å². The Morgan fingerprint density at radius 3 is 2.14 bits per heavy atom. The summed E-state index contributed by atoms with van der Waals surface area (Å²) >= 11 is 0. The van der Waals surface area contributed by atoms with Crippen molar-refractivity contribution in [2.75, 3.05) is 6.61 Å². The number of aliphatic hydroxyl groups is 1. The van der Waals surface area contributed by atoms with Gasteiger partial charge < -0.3 is 24.5 Å². The molecule has 2 rings (SSSR count). The van der Waals surface area contributed by atoms with Gasteiger partial charge in [0.2, 0.25) is 0 Å². The summed E-state index contributed by atoms with van der Waals surface area (Å²) in [6, 6.07) is 7.59. The Labute approximate surface area is 169 Å². The summed E-state index contributed by atoms with van der Waals surface area (Å²) in [6.07, 6.45) is 0.732. The number of amides is 1. The molecule has 1 aromatic carbocycles. The minimum Gasteiger partial charge on any atom is -0.444 e. The number of benzene rings is 1. The summed E-state index contributed by atoms with van der Waals surface area (Å²) < 4.78 is 17.5. The zero-order valence-electron chi connectivity index (χ0n) is 18.2. The van der Waals surface area contributed by atoms with Gasteiger partial charge in [-0.15, -0.1) is 0 Å². The van der Waals surface area contributed by atoms with E-state index in [0.717, 1.165) is 11.0 Å². The molecule has 1 fully saturated rings. The van der Waals surface area contributed by atoms with Crippen molar-refractivity contribution in [2.24, 2.45) is 0 Å². The lowest BCUT2D eigenvalue weighted by Gasteiger charge is -2.32. The molecule has 1 aliphatic rings. The maximum absolute atomic E-state index is 12.2. The fourth-order valence-electron chi connectivity index (χ4n) is 2.93. The van der Waals surface area contributed by atoms with Crippen LogP contribution in [-0.4, -0.2) is 41.7 Å². The topological polar surface area (TPSA) is 77.0 Å². The van der Waals surface area contributed by atoms with Crippen LogP contribution in [0.4, 0.5) is 4.79 Å². The molecule has 1 saturated heterocycles. The fraction of sp³-hybridized carbons (Fsp3) is 0.667. The Morgan fingerprint density at radius 2 is 1.68 bits per heavy atom. The molecule has 1 aromatic rings. The van der Waals surface area contributed by atoms with Crippen molar-refractivity contribution in [3.63, 3.8) is 0 Å². The van der Waals surface area contributed by atoms with Crippen molar-refractivity contribution in [1.82, 2.24) is 5.32 Å². The molecule has 6 nitrogen and oxygen atoms in total. The summed E-state index contributed by atoms with van der Waals surface area (Å²) in [5, 5.41) is 12.1. The standard InChI is InChI=1S/C21H34BNO5/c1-19(2,3)26-18(25)23-17(9-8-14-24)15-10-12-16(13-11-15)22-27-20(4,5)21(6,7)28-22/h10-13,17,24H,8-9,14H2,1-7H3,(H,23,25)/t17-/m0/s1. The van der Waals surface area contributed by atoms with Crippen LogP contribution in [0.25, 0.3) is 0 Å². The molecular weight excluding hydrogens is 357 g/mol. The number of nitrogens with one attached hydrogen (secondary N) is 1. The van der Waals surface area contributed by atoms with E-state index >= 15 is 0 Å². The van der Waals surface area contributed by atoms with Crippen LogP contribution in [0.2, 0.25) is 0 Å². The molecule has 0 aromatic heterocycles. The van der Waals surface area contributed by atoms with Gasteiger partial charge in [-0.05, 0) is 72.3 Å². The van der Waals surface area contributed by atoms with Crippen molar-refractivity contribution in [1.29, 1.82) is 0 Å². The molecule has 2 N–H and O–H groups in total. The SMILES string of the molecule is CC(C)(C)OC(=O)N[C@@H](CCCO)c1ccc(B2OC(C)(C)C(C)(C)O2)cc1. The number of alkyl carbamates (subject to hydrolysis) is 1. The summed E-state index contributed by atoms with van der Waals surface area (Å²) in [7, 11) is -0.422. The molecule has 0 aliphatic carbocycles. The summed E-state index contributed by atoms with van der Waals surface area (Å²) in [4.78, 5) is 12.2. The average molecular weight is 391 g/mol. The number of hydrogen-bond acceptors (Lipinski definition) is 5. The Morgan fingerprint density at radius 1 is 1.14 bits per heavy atom. The van der Waals surface area contributed by atoms with E-state index in [1.165, 1.54) is 0 Å². The first-order chi connectivity index (χ1) is 12.8. The quantitative estimate of drug-likeness (QED) is 0.728. The van der Waals surface area contributed by atoms with Crippen LogP contribution in [0.3, 0.4) is 0 Å². The van der Waals surface area contributed by atoms with Gasteiger partial charge in [0.15, 0.2) is 0 Å². The minimum atomic E-state index is -0.563. The summed E-state index contributed by atoms with van der Waals surface area (Å²) in [5.41, 5.74) is 0.531. The average Bonchev–Trinajstić information content (AvgIpc) is 2.78. The van der Waals surface area contributed by atoms with Gasteiger partial charge in [-0.1, -0.05) is 24.3 Å². The van der Waals surface area contributed by atoms with Gasteiger partial charge in [-0.3, -0.25) is 0 Å². The van der Waals surface area contributed by atoms with E-state index in [2.05, 4.69) is 5.32 Å². The molecule has 0 bridgehead atoms. The van der Waals surface area contributed by atoms with Crippen LogP contribution < -0.4 is 10.8 Å². The fourth-order valence-corrected chi connectivity index (χ4v) is 2.93. The zero-order valence-corrected chi connectivity index (χ0v) is 18.2. The van der Waals surface area contributed by atoms with Crippen LogP contribution in [0.5, 0.6) is 0 Å². The zero-order chi connectivity index (χ0) is 21.2. The molecular formula is C21H34BNO5. The van der Waals surface area contributed by atoms with E-state index in [9.17, 15) is 9.90 Å². The van der Waals surface area contributed by atoms with Crippen molar-refractivity contribution in [3.8, 4) is 0 Å². The molecule has 1 atom stereocenters. The molecule has 0 unspecified atom stereocenters. The first kappa shape index (κ1) is 22.7. The molecule has 156 valence electrons. The normalized spacial score (nSPS) is 19.4. The van der Waals surface area contributed by atoms with E-state index in [4.69, 9.17) is 14.0 Å². The number of ether oxygens (including phenoxy) is 1. The minimum absolute atomic E-state index is 0.0680. The smallest absolute Gasteiger partial charge is 0.444 e. The lowest BCUT2D eigenvalue weighted by Crippen LogP contribution is -2.41. The Hall–Kier alpha value is -1.57. The monoisotopic (exact) mass is 391 g/mol. The molecule has 1 aliphatic heterocycles. The molecule has 7 heteroatoms. The number of carbonyl (C=O) groups excluding carboxylic acids is 1. The maximum atomic E-state index is 12.2. The van der Waals surface area contributed by atoms with Crippen LogP contribution in [0.15, 0.2) is 24.3 Å². The van der Waals surface area contributed by atoms with Gasteiger partial charge in [0.1, 0.15) is 5.60 Å². The van der Waals surface area contributed by atoms with Gasteiger partial charge in [0, 0.05) is 6.61 Å². The molecule has 1 heterocycles. The third kappa shape index (κ3) is 5.72. The third-order valence-electron chi connectivity index (χ3n) is 5.21. The van der Waals surface area contributed by atoms with Crippen molar-refractivity contribution in [2.45, 2.75) is 84.2 Å². The lowest BCUT2D eigenvalue weighted by atomic mass is 9.78. The van der Waals surface area contributed by atoms with Crippen LogP contribution in [0, 0.1) is 0 Å². The molecule has 1 amide bonds. The largest absolute Gasteiger partial charge is 0.494 e. The van der Waals surface area contributed by atoms with E-state index < -0.39 is 30.0 Å². The number of rotatable bonds is 6. The van der Waals surface area contributed by atoms with Crippen molar-refractivity contribution < 1.29 is 23.9 Å². The Balaban J connectivity index is 2.12. The van der Waals surface area contributed by atoms with Gasteiger partial charge >= 0.3 is 13.2 Å². The van der Waals surface area contributed by atoms with Crippen LogP contribution >= 0.6 is 0 Å². The van der Waals surface area contributed by atoms with Crippen LogP contribution in [0.1, 0.15) is 72.9 Å². The second-order valence-electron chi connectivity index (χ2n) is 9.32. The number of aliphatic hydroxyl groups excluding tert-OH is 1. The second kappa shape index (κ2) is 8.43. The molecule has 28 heavy (non-hydrogen) atoms. The summed E-state index contributed by atoms with van der Waals surface area (Å²) in [6.45, 7) is 13.7. The Kier molecular flexibility index (Phi) is 6.84. The van der Waals surface area contributed by atoms with E-state index in [1.807, 2.05) is 72.7 Å². The number of carbonyl (C=O) groups is 1. The highest BCUT2D eigenvalue weighted by molar-refractivity contribution is 6.62. The Bertz CT molecular complexity index is 650. The highest BCUT2D eigenvalue weighted by Crippen LogP contribution is 2.36. The van der Waals surface area contributed by atoms with E-state index in [0.29, 0.717) is 12.8 Å². The molecule has 0 spiro atoms. The third-order valence-corrected chi connectivity index (χ3v) is 5.21. The second-order valence-corrected chi connectivity index (χ2v) is 9.32. The number of hydrogen-bond donors (Lipinski definition) is 2. The van der Waals surface area contributed by atoms with Gasteiger partial charge in [0.25, 0.3) is 0 Å². The highest BCUT2D eigenvalue weighted by atomic mass is 16.7. The molecule has 0 saturated carbocycles. The first-order valence-corrected chi connectivity index (χ1v) is 9.90. The van der Waals surface area contributed by atoms with Gasteiger partial charge in [-0.2, -0.15) is 0 Å². The predicted molar refractivity (Wildman–Crippen MR) is 111 cm³/mol. The van der Waals surface area contributed by atoms with E-state index in [-0.39, 0.29) is 12.6 Å². The maximum Gasteiger partial charge on any atom is 0.494 e. The van der Waals surface area contributed by atoms with Crippen molar-refractivity contribution in [3.05, 3.63) is 29.8 Å².